The van der Waals surface area contributed by atoms with Crippen molar-refractivity contribution in [2.45, 2.75) is 144 Å². The number of likely N-dealkylation sites (tertiary alicyclic amines) is 1. The summed E-state index contributed by atoms with van der Waals surface area (Å²) in [5.74, 6) is 2.06. The van der Waals surface area contributed by atoms with Crippen molar-refractivity contribution < 1.29 is 49.1 Å². The number of nitrogens with one attached hydrogen (secondary N) is 3. The van der Waals surface area contributed by atoms with Gasteiger partial charge in [0, 0.05) is 66.1 Å². The molecule has 1 unspecified atom stereocenters. The van der Waals surface area contributed by atoms with Crippen molar-refractivity contribution in [3.63, 3.8) is 0 Å². The van der Waals surface area contributed by atoms with Gasteiger partial charge in [0.2, 0.25) is 17.7 Å². The highest BCUT2D eigenvalue weighted by atomic mass is 32.2. The number of imide groups is 2. The first-order valence-electron chi connectivity index (χ1n) is 30.9. The van der Waals surface area contributed by atoms with E-state index in [0.717, 1.165) is 62.5 Å². The van der Waals surface area contributed by atoms with E-state index in [4.69, 9.17) is 9.84 Å². The van der Waals surface area contributed by atoms with Crippen molar-refractivity contribution >= 4 is 58.4 Å². The van der Waals surface area contributed by atoms with Crippen LogP contribution in [-0.4, -0.2) is 143 Å². The van der Waals surface area contributed by atoms with Crippen LogP contribution in [0.2, 0.25) is 0 Å². The number of hydrogen-bond acceptors (Lipinski definition) is 15. The number of piperidine rings is 1. The molecule has 3 aliphatic carbocycles. The number of ketones is 1. The summed E-state index contributed by atoms with van der Waals surface area (Å²) in [5.41, 5.74) is 3.85. The SMILES string of the molecule is C=CCC1(CC(C)C)C(=O)NC(=O)NC1=O.CC(=O)Nc1ccc(O)cc1.CC(CN1c2ccccc2Sc2ccccc21)N(C)C.CC[C@@H](c1cccc(O)c1)[C@@H](C)CN(C)C.O=C1CC[C@@]2(O)[C@H]3Cc4ccc(O)c5c4[C@@]2(CCN3CC2CC2)[C@H]1O5. The molecule has 4 aliphatic heterocycles. The lowest BCUT2D eigenvalue weighted by Gasteiger charge is -2.62. The van der Waals surface area contributed by atoms with Crippen LogP contribution in [0.25, 0.3) is 0 Å². The lowest BCUT2D eigenvalue weighted by molar-refractivity contribution is -0.188. The standard InChI is InChI=1S/C20H23NO4.C17H20N2S.C14H23NO.C11H16N2O3.C8H9NO2/c22-13-4-3-12-9-15-20(24)6-5-14(23)18-19(20,16(12)17(13)25-18)7-8-21(15)10-11-1-2-11;1-13(18(2)3)12-19-14-8-4-6-10-16(14)20-17-11-7-5-9-15(17)19;1-5-14(11(2)10-15(3)4)12-7-6-8-13(16)9-12;1-4-5-11(6-7(2)3)8(14)12-10(16)13-9(11)15;1-6(10)9-7-2-4-8(11)5-3-7/h3-4,11,15,18,22,24H,1-2,5-10H2;4-11,13H,12H2,1-3H3;6-9,11,14,16H,5,10H2,1-4H3;4,7H,1,5-6H2,2-3H3,(H2,12,13,14,15,16);2-5,11H,1H3,(H,9,10)/t15-,18+,19+,20-;;11-,14+;;/m1.0../s1. The normalized spacial score (nSPS) is 22.5. The molecule has 5 aromatic carbocycles. The van der Waals surface area contributed by atoms with Crippen molar-refractivity contribution in [1.82, 2.24) is 25.3 Å². The van der Waals surface area contributed by atoms with Crippen LogP contribution in [0.4, 0.5) is 21.9 Å². The predicted octanol–water partition coefficient (Wildman–Crippen LogP) is 11.2. The van der Waals surface area contributed by atoms with Gasteiger partial charge in [-0.05, 0) is 195 Å². The average Bonchev–Trinajstić information content (AvgIpc) is 1.40. The Morgan fingerprint density at radius 3 is 2.03 bits per heavy atom. The molecule has 1 spiro atoms. The highest BCUT2D eigenvalue weighted by molar-refractivity contribution is 7.99. The summed E-state index contributed by atoms with van der Waals surface area (Å²) < 4.78 is 6.04. The second-order valence-electron chi connectivity index (χ2n) is 25.7. The maximum absolute atomic E-state index is 12.7. The zero-order valence-corrected chi connectivity index (χ0v) is 53.7. The number of carbonyl (C=O) groups excluding carboxylic acids is 5. The van der Waals surface area contributed by atoms with Crippen molar-refractivity contribution in [2.24, 2.45) is 23.2 Å². The number of ether oxygens (including phenoxy) is 1. The Bertz CT molecular complexity index is 3250. The maximum atomic E-state index is 12.7. The number of anilines is 3. The number of likely N-dealkylation sites (N-methyl/N-ethyl adjacent to an activating group) is 1. The fourth-order valence-corrected chi connectivity index (χ4v) is 14.9. The van der Waals surface area contributed by atoms with E-state index in [1.54, 1.807) is 24.3 Å². The molecular weight excluding hydrogens is 1130 g/mol. The van der Waals surface area contributed by atoms with Gasteiger partial charge in [0.1, 0.15) is 16.9 Å². The number of phenolic OH excluding ortho intramolecular Hbond substituents is 3. The number of phenols is 3. The van der Waals surface area contributed by atoms with Gasteiger partial charge >= 0.3 is 6.03 Å². The Morgan fingerprint density at radius 2 is 1.48 bits per heavy atom. The van der Waals surface area contributed by atoms with E-state index in [1.165, 1.54) is 64.7 Å². The smallest absolute Gasteiger partial charge is 0.328 e. The number of aliphatic hydroxyl groups is 1. The van der Waals surface area contributed by atoms with Crippen molar-refractivity contribution in [1.29, 1.82) is 0 Å². The summed E-state index contributed by atoms with van der Waals surface area (Å²) in [4.78, 5) is 70.0. The van der Waals surface area contributed by atoms with Gasteiger partial charge in [0.05, 0.1) is 22.4 Å². The number of benzene rings is 5. The van der Waals surface area contributed by atoms with Gasteiger partial charge in [0.25, 0.3) is 0 Å². The quantitative estimate of drug-likeness (QED) is 0.0294. The van der Waals surface area contributed by atoms with E-state index < -0.39 is 40.4 Å². The number of carbonyl (C=O) groups is 5. The monoisotopic (exact) mass is 1220 g/mol. The number of aromatic hydroxyl groups is 3. The van der Waals surface area contributed by atoms with Crippen molar-refractivity contribution in [3.05, 3.63) is 139 Å². The summed E-state index contributed by atoms with van der Waals surface area (Å²) in [5, 5.41) is 47.5. The molecule has 7 aliphatic rings. The molecule has 4 fully saturated rings. The molecule has 7 atom stereocenters. The number of hydrogen-bond donors (Lipinski definition) is 7. The number of nitrogens with zero attached hydrogens (tertiary/aromatic N) is 4. The zero-order chi connectivity index (χ0) is 63.8. The topological polar surface area (TPSA) is 225 Å². The van der Waals surface area contributed by atoms with Crippen LogP contribution in [0.1, 0.15) is 116 Å². The van der Waals surface area contributed by atoms with Gasteiger partial charge in [-0.1, -0.05) is 88.0 Å². The first-order valence-corrected chi connectivity index (χ1v) is 31.8. The zero-order valence-electron chi connectivity index (χ0n) is 52.8. The number of fused-ring (bicyclic) bond motifs is 2. The molecule has 0 aromatic heterocycles. The molecular formula is C70H91N7O10S. The Labute approximate surface area is 523 Å². The van der Waals surface area contributed by atoms with Crippen molar-refractivity contribution in [3.8, 4) is 23.0 Å². The Kier molecular flexibility index (Phi) is 21.6. The third kappa shape index (κ3) is 14.6. The molecule has 17 nitrogen and oxygen atoms in total. The van der Waals surface area contributed by atoms with Crippen LogP contribution >= 0.6 is 11.8 Å². The molecule has 5 aromatic rings. The number of Topliss-reactive ketones (excluding diaryl/α,β-unsaturated/α-hetero) is 1. The van der Waals surface area contributed by atoms with Gasteiger partial charge < -0.3 is 45.2 Å². The highest BCUT2D eigenvalue weighted by Gasteiger charge is 2.73. The molecule has 5 amide bonds. The minimum absolute atomic E-state index is 0.0454. The largest absolute Gasteiger partial charge is 0.508 e. The third-order valence-corrected chi connectivity index (χ3v) is 19.4. The molecule has 7 N–H and O–H groups in total. The second-order valence-corrected chi connectivity index (χ2v) is 26.7. The summed E-state index contributed by atoms with van der Waals surface area (Å²) in [6.45, 7) is 19.6. The summed E-state index contributed by atoms with van der Waals surface area (Å²) in [6.07, 6.45) is 7.59. The molecule has 2 saturated heterocycles. The Morgan fingerprint density at radius 1 is 0.841 bits per heavy atom. The Balaban J connectivity index is 0.000000146. The number of urea groups is 1. The number of barbiturate groups is 1. The van der Waals surface area contributed by atoms with E-state index >= 15 is 0 Å². The molecule has 2 bridgehead atoms. The average molecular weight is 1220 g/mol. The molecule has 0 radical (unpaired) electrons. The van der Waals surface area contributed by atoms with Gasteiger partial charge in [-0.3, -0.25) is 34.7 Å². The van der Waals surface area contributed by atoms with E-state index in [2.05, 4.69) is 146 Å². The van der Waals surface area contributed by atoms with Crippen molar-refractivity contribution in [2.75, 3.05) is 64.6 Å². The molecule has 472 valence electrons. The van der Waals surface area contributed by atoms with Crippen LogP contribution in [0.15, 0.2) is 132 Å². The van der Waals surface area contributed by atoms with E-state index in [-0.39, 0.29) is 41.6 Å². The van der Waals surface area contributed by atoms with Crippen LogP contribution in [0, 0.1) is 23.2 Å². The first kappa shape index (κ1) is 66.7. The molecule has 2 saturated carbocycles. The van der Waals surface area contributed by atoms with Gasteiger partial charge in [0.15, 0.2) is 23.4 Å². The fourth-order valence-electron chi connectivity index (χ4n) is 13.8. The van der Waals surface area contributed by atoms with E-state index in [1.807, 2.05) is 43.8 Å². The van der Waals surface area contributed by atoms with E-state index in [0.29, 0.717) is 54.3 Å². The Hall–Kier alpha value is -7.22. The summed E-state index contributed by atoms with van der Waals surface area (Å²) >= 11 is 1.87. The van der Waals surface area contributed by atoms with Gasteiger partial charge in [-0.25, -0.2) is 4.79 Å². The first-order chi connectivity index (χ1) is 41.9. The minimum atomic E-state index is -1.19. The predicted molar refractivity (Wildman–Crippen MR) is 347 cm³/mol. The summed E-state index contributed by atoms with van der Waals surface area (Å²) in [6, 6.07) is 34.8. The third-order valence-electron chi connectivity index (χ3n) is 18.3. The number of allylic oxidation sites excluding steroid dienone is 1. The highest BCUT2D eigenvalue weighted by Crippen LogP contribution is 2.65. The van der Waals surface area contributed by atoms with Crippen LogP contribution in [0.3, 0.4) is 0 Å². The minimum Gasteiger partial charge on any atom is -0.508 e. The van der Waals surface area contributed by atoms with Crippen LogP contribution < -0.4 is 25.6 Å². The maximum Gasteiger partial charge on any atom is 0.328 e. The molecule has 4 heterocycles. The molecule has 88 heavy (non-hydrogen) atoms. The fraction of sp³-hybridized carbons (Fsp3) is 0.471. The van der Waals surface area contributed by atoms with Crippen LogP contribution in [0.5, 0.6) is 23.0 Å². The molecule has 12 rings (SSSR count). The summed E-state index contributed by atoms with van der Waals surface area (Å²) in [7, 11) is 8.49. The number of para-hydroxylation sites is 2. The number of amides is 5. The van der Waals surface area contributed by atoms with Gasteiger partial charge in [-0.15, -0.1) is 6.58 Å². The number of rotatable bonds is 15. The lowest BCUT2D eigenvalue weighted by Crippen LogP contribution is -2.76. The molecule has 18 heteroatoms. The lowest BCUT2D eigenvalue weighted by atomic mass is 9.49. The van der Waals surface area contributed by atoms with Crippen LogP contribution in [-0.2, 0) is 31.0 Å². The van der Waals surface area contributed by atoms with Gasteiger partial charge in [-0.2, -0.15) is 0 Å². The second kappa shape index (κ2) is 28.5. The van der Waals surface area contributed by atoms with E-state index in [9.17, 15) is 39.3 Å².